The summed E-state index contributed by atoms with van der Waals surface area (Å²) >= 11 is 1.22. The van der Waals surface area contributed by atoms with E-state index in [1.54, 1.807) is 13.8 Å². The molecule has 2 heterocycles. The molecule has 0 aliphatic rings. The van der Waals surface area contributed by atoms with Crippen molar-refractivity contribution in [3.05, 3.63) is 41.0 Å². The lowest BCUT2D eigenvalue weighted by Crippen LogP contribution is -2.20. The molecule has 1 aromatic carbocycles. The predicted octanol–water partition coefficient (Wildman–Crippen LogP) is 3.14. The highest BCUT2D eigenvalue weighted by Gasteiger charge is 2.18. The van der Waals surface area contributed by atoms with Crippen molar-refractivity contribution in [3.63, 3.8) is 0 Å². The van der Waals surface area contributed by atoms with E-state index in [1.165, 1.54) is 11.3 Å². The molecule has 136 valence electrons. The quantitative estimate of drug-likeness (QED) is 0.671. The van der Waals surface area contributed by atoms with Gasteiger partial charge >= 0.3 is 5.97 Å². The molecule has 0 saturated carbocycles. The van der Waals surface area contributed by atoms with Gasteiger partial charge in [0.2, 0.25) is 0 Å². The average molecular weight is 373 g/mol. The second-order valence-corrected chi connectivity index (χ2v) is 6.80. The first-order valence-electron chi connectivity index (χ1n) is 8.11. The average Bonchev–Trinajstić information content (AvgIpc) is 3.16. The molecule has 0 unspecified atom stereocenters. The van der Waals surface area contributed by atoms with Gasteiger partial charge in [-0.2, -0.15) is 0 Å². The van der Waals surface area contributed by atoms with Gasteiger partial charge in [-0.05, 0) is 32.0 Å². The highest BCUT2D eigenvalue weighted by molar-refractivity contribution is 7.16. The number of nitrogens with zero attached hydrogens (tertiary/aromatic N) is 2. The number of benzene rings is 1. The third-order valence-corrected chi connectivity index (χ3v) is 4.64. The van der Waals surface area contributed by atoms with E-state index in [0.717, 1.165) is 10.9 Å². The summed E-state index contributed by atoms with van der Waals surface area (Å²) in [6, 6.07) is 7.63. The summed E-state index contributed by atoms with van der Waals surface area (Å²) in [5.41, 5.74) is 1.25. The molecule has 8 heteroatoms. The Balaban J connectivity index is 1.64. The fraction of sp³-hybridized carbons (Fsp3) is 0.278. The van der Waals surface area contributed by atoms with Gasteiger partial charge in [-0.3, -0.25) is 10.1 Å². The molecule has 0 aliphatic heterocycles. The van der Waals surface area contributed by atoms with E-state index in [2.05, 4.69) is 10.3 Å². The van der Waals surface area contributed by atoms with E-state index in [-0.39, 0.29) is 24.8 Å². The molecular formula is C18H19N3O4S. The minimum absolute atomic E-state index is 0.151. The largest absolute Gasteiger partial charge is 0.483 e. The van der Waals surface area contributed by atoms with Gasteiger partial charge in [0.1, 0.15) is 5.75 Å². The van der Waals surface area contributed by atoms with E-state index >= 15 is 0 Å². The van der Waals surface area contributed by atoms with Gasteiger partial charge in [0, 0.05) is 23.5 Å². The van der Waals surface area contributed by atoms with Crippen LogP contribution in [0, 0.1) is 6.92 Å². The zero-order valence-electron chi connectivity index (χ0n) is 14.7. The van der Waals surface area contributed by atoms with Crippen LogP contribution in [0.15, 0.2) is 30.5 Å². The standard InChI is InChI=1S/C18H19N3O4S/c1-4-24-17(23)16-11(2)26-18(20-16)19-15(22)10-25-14-7-5-6-13-12(14)8-9-21(13)3/h5-9H,4,10H2,1-3H3,(H,19,20,22). The summed E-state index contributed by atoms with van der Waals surface area (Å²) < 4.78 is 12.6. The van der Waals surface area contributed by atoms with Crippen LogP contribution >= 0.6 is 11.3 Å². The molecule has 2 aromatic heterocycles. The van der Waals surface area contributed by atoms with Gasteiger partial charge in [0.25, 0.3) is 5.91 Å². The van der Waals surface area contributed by atoms with Crippen molar-refractivity contribution in [3.8, 4) is 5.75 Å². The number of hydrogen-bond donors (Lipinski definition) is 1. The van der Waals surface area contributed by atoms with Crippen molar-refractivity contribution < 1.29 is 19.1 Å². The van der Waals surface area contributed by atoms with Crippen LogP contribution < -0.4 is 10.1 Å². The van der Waals surface area contributed by atoms with Crippen molar-refractivity contribution in [2.45, 2.75) is 13.8 Å². The summed E-state index contributed by atoms with van der Waals surface area (Å²) in [4.78, 5) is 28.8. The number of fused-ring (bicyclic) bond motifs is 1. The zero-order chi connectivity index (χ0) is 18.7. The van der Waals surface area contributed by atoms with Gasteiger partial charge in [-0.25, -0.2) is 9.78 Å². The van der Waals surface area contributed by atoms with E-state index < -0.39 is 5.97 Å². The Labute approximate surface area is 154 Å². The molecule has 0 aliphatic carbocycles. The molecule has 26 heavy (non-hydrogen) atoms. The smallest absolute Gasteiger partial charge is 0.358 e. The first-order valence-corrected chi connectivity index (χ1v) is 8.92. The molecular weight excluding hydrogens is 354 g/mol. The van der Waals surface area contributed by atoms with E-state index in [0.29, 0.717) is 15.8 Å². The SMILES string of the molecule is CCOC(=O)c1nc(NC(=O)COc2cccc3c2ccn3C)sc1C. The number of rotatable bonds is 6. The number of anilines is 1. The van der Waals surface area contributed by atoms with Crippen LogP contribution in [0.2, 0.25) is 0 Å². The summed E-state index contributed by atoms with van der Waals surface area (Å²) in [6.45, 7) is 3.61. The Bertz CT molecular complexity index is 961. The zero-order valence-corrected chi connectivity index (χ0v) is 15.6. The second kappa shape index (κ2) is 7.57. The molecule has 3 aromatic rings. The normalized spacial score (nSPS) is 10.7. The highest BCUT2D eigenvalue weighted by atomic mass is 32.1. The molecule has 0 radical (unpaired) electrons. The van der Waals surface area contributed by atoms with Gasteiger partial charge in [-0.15, -0.1) is 11.3 Å². The van der Waals surface area contributed by atoms with Crippen LogP contribution in [0.5, 0.6) is 5.75 Å². The molecule has 0 saturated heterocycles. The number of hydrogen-bond acceptors (Lipinski definition) is 6. The molecule has 1 N–H and O–H groups in total. The van der Waals surface area contributed by atoms with Crippen LogP contribution in [0.25, 0.3) is 10.9 Å². The van der Waals surface area contributed by atoms with Crippen LogP contribution in [0.1, 0.15) is 22.3 Å². The van der Waals surface area contributed by atoms with E-state index in [9.17, 15) is 9.59 Å². The third-order valence-electron chi connectivity index (χ3n) is 3.76. The lowest BCUT2D eigenvalue weighted by atomic mass is 10.2. The Hall–Kier alpha value is -2.87. The highest BCUT2D eigenvalue weighted by Crippen LogP contribution is 2.26. The molecule has 1 amide bonds. The molecule has 3 rings (SSSR count). The number of esters is 1. The molecule has 0 fully saturated rings. The number of aromatic nitrogens is 2. The molecule has 0 bridgehead atoms. The van der Waals surface area contributed by atoms with E-state index in [1.807, 2.05) is 42.1 Å². The van der Waals surface area contributed by atoms with Crippen LogP contribution in [0.3, 0.4) is 0 Å². The molecule has 0 spiro atoms. The van der Waals surface area contributed by atoms with Gasteiger partial charge in [0.15, 0.2) is 17.4 Å². The Kier molecular flexibility index (Phi) is 5.22. The maximum Gasteiger partial charge on any atom is 0.358 e. The first kappa shape index (κ1) is 17.9. The topological polar surface area (TPSA) is 82.4 Å². The first-order chi connectivity index (χ1) is 12.5. The number of carbonyl (C=O) groups is 2. The fourth-order valence-electron chi connectivity index (χ4n) is 2.54. The van der Waals surface area contributed by atoms with Crippen LogP contribution in [0.4, 0.5) is 5.13 Å². The van der Waals surface area contributed by atoms with Crippen molar-refractivity contribution in [1.82, 2.24) is 9.55 Å². The number of amides is 1. The Morgan fingerprint density at radius 1 is 1.31 bits per heavy atom. The minimum atomic E-state index is -0.492. The fourth-order valence-corrected chi connectivity index (χ4v) is 3.35. The van der Waals surface area contributed by atoms with Gasteiger partial charge < -0.3 is 14.0 Å². The lowest BCUT2D eigenvalue weighted by Gasteiger charge is -2.07. The molecule has 7 nitrogen and oxygen atoms in total. The Morgan fingerprint density at radius 3 is 2.88 bits per heavy atom. The second-order valence-electron chi connectivity index (χ2n) is 5.60. The third kappa shape index (κ3) is 3.70. The summed E-state index contributed by atoms with van der Waals surface area (Å²) in [7, 11) is 1.95. The lowest BCUT2D eigenvalue weighted by molar-refractivity contribution is -0.118. The van der Waals surface area contributed by atoms with Gasteiger partial charge in [-0.1, -0.05) is 6.07 Å². The van der Waals surface area contributed by atoms with Crippen molar-refractivity contribution in [1.29, 1.82) is 0 Å². The van der Waals surface area contributed by atoms with E-state index in [4.69, 9.17) is 9.47 Å². The number of aryl methyl sites for hydroxylation is 2. The number of thiazole rings is 1. The summed E-state index contributed by atoms with van der Waals surface area (Å²) in [6.07, 6.45) is 1.94. The number of ether oxygens (including phenoxy) is 2. The van der Waals surface area contributed by atoms with Crippen molar-refractivity contribution in [2.75, 3.05) is 18.5 Å². The summed E-state index contributed by atoms with van der Waals surface area (Å²) in [5, 5.41) is 3.94. The number of nitrogens with one attached hydrogen (secondary N) is 1. The summed E-state index contributed by atoms with van der Waals surface area (Å²) in [5.74, 6) is -0.198. The minimum Gasteiger partial charge on any atom is -0.483 e. The number of carbonyl (C=O) groups excluding carboxylic acids is 2. The van der Waals surface area contributed by atoms with Gasteiger partial charge in [0.05, 0.1) is 12.1 Å². The monoisotopic (exact) mass is 373 g/mol. The maximum atomic E-state index is 12.2. The predicted molar refractivity (Wildman–Crippen MR) is 99.9 cm³/mol. The van der Waals surface area contributed by atoms with Crippen molar-refractivity contribution in [2.24, 2.45) is 7.05 Å². The van der Waals surface area contributed by atoms with Crippen LogP contribution in [-0.2, 0) is 16.6 Å². The Morgan fingerprint density at radius 2 is 2.12 bits per heavy atom. The van der Waals surface area contributed by atoms with Crippen molar-refractivity contribution >= 4 is 39.2 Å². The maximum absolute atomic E-state index is 12.2. The molecule has 0 atom stereocenters. The van der Waals surface area contributed by atoms with Crippen LogP contribution in [-0.4, -0.2) is 34.6 Å².